The van der Waals surface area contributed by atoms with Crippen LogP contribution >= 0.6 is 0 Å². The van der Waals surface area contributed by atoms with Crippen molar-refractivity contribution in [1.82, 2.24) is 5.48 Å². The van der Waals surface area contributed by atoms with E-state index < -0.39 is 35.7 Å². The molecule has 10 heteroatoms. The molecule has 4 rings (SSSR count). The second-order valence-electron chi connectivity index (χ2n) is 11.2. The molecule has 2 fully saturated rings. The van der Waals surface area contributed by atoms with Gasteiger partial charge in [-0.15, -0.1) is 0 Å². The van der Waals surface area contributed by atoms with Crippen molar-refractivity contribution in [2.45, 2.75) is 88.8 Å². The summed E-state index contributed by atoms with van der Waals surface area (Å²) in [7, 11) is -1.45. The molecule has 4 nitrogen and oxygen atoms in total. The molecule has 1 aromatic rings. The molecule has 3 aliphatic carbocycles. The summed E-state index contributed by atoms with van der Waals surface area (Å²) in [6, 6.07) is 5.65. The molecule has 0 saturated heterocycles. The molecule has 3 N–H and O–H groups in total. The van der Waals surface area contributed by atoms with Gasteiger partial charge in [0.25, 0.3) is 0 Å². The molecule has 204 valence electrons. The number of alkyl halides is 5. The summed E-state index contributed by atoms with van der Waals surface area (Å²) < 4.78 is 75.6. The zero-order valence-corrected chi connectivity index (χ0v) is 21.3. The second-order valence-corrected chi connectivity index (χ2v) is 12.9. The average molecular weight is 538 g/mol. The van der Waals surface area contributed by atoms with Gasteiger partial charge in [-0.05, 0) is 104 Å². The van der Waals surface area contributed by atoms with Gasteiger partial charge in [-0.25, -0.2) is 5.48 Å². The smallest absolute Gasteiger partial charge is 0.453 e. The molecule has 0 heterocycles. The van der Waals surface area contributed by atoms with E-state index in [9.17, 15) is 36.5 Å². The van der Waals surface area contributed by atoms with Crippen LogP contribution in [0.2, 0.25) is 0 Å². The standard InChI is InChI=1S/C26H36F5NO3S/c1-24-11-9-20-19-6-5-18(33)15-17(19)14-16(23(20)21(24)7-8-22(24)32-34)4-2-12-36(35)13-3-10-25(27,28)26(29,30)31/h5-6,15-16,20-23,32-34H,2-4,7-14H2,1H3/t16-,20-,21+,22?,23-,24+,36?/m1/s1. The highest BCUT2D eigenvalue weighted by atomic mass is 32.2. The largest absolute Gasteiger partial charge is 0.508 e. The Hall–Kier alpha value is -1.26. The molecule has 0 radical (unpaired) electrons. The first-order valence-electron chi connectivity index (χ1n) is 12.9. The van der Waals surface area contributed by atoms with Crippen molar-refractivity contribution in [2.75, 3.05) is 11.5 Å². The highest BCUT2D eigenvalue weighted by Gasteiger charge is 2.57. The Morgan fingerprint density at radius 2 is 1.83 bits per heavy atom. The Bertz CT molecular complexity index is 958. The van der Waals surface area contributed by atoms with Crippen LogP contribution in [0.5, 0.6) is 5.75 Å². The number of rotatable bonds is 9. The lowest BCUT2D eigenvalue weighted by atomic mass is 9.52. The maximum atomic E-state index is 13.1. The van der Waals surface area contributed by atoms with Gasteiger partial charge in [0.05, 0.1) is 0 Å². The molecule has 2 unspecified atom stereocenters. The van der Waals surface area contributed by atoms with Crippen molar-refractivity contribution < 1.29 is 36.5 Å². The van der Waals surface area contributed by atoms with Crippen molar-refractivity contribution >= 4 is 10.8 Å². The molecule has 0 amide bonds. The van der Waals surface area contributed by atoms with E-state index in [1.807, 2.05) is 12.1 Å². The molecule has 2 saturated carbocycles. The first kappa shape index (κ1) is 27.8. The van der Waals surface area contributed by atoms with Crippen LogP contribution in [0.15, 0.2) is 18.2 Å². The third-order valence-electron chi connectivity index (χ3n) is 9.27. The van der Waals surface area contributed by atoms with Crippen molar-refractivity contribution in [3.8, 4) is 5.75 Å². The summed E-state index contributed by atoms with van der Waals surface area (Å²) in [5.41, 5.74) is 4.94. The lowest BCUT2D eigenvalue weighted by Gasteiger charge is -2.53. The van der Waals surface area contributed by atoms with Crippen LogP contribution in [0.3, 0.4) is 0 Å². The Balaban J connectivity index is 1.41. The lowest BCUT2D eigenvalue weighted by Crippen LogP contribution is -2.50. The predicted octanol–water partition coefficient (Wildman–Crippen LogP) is 6.33. The lowest BCUT2D eigenvalue weighted by molar-refractivity contribution is -0.284. The molecule has 3 aliphatic rings. The van der Waals surface area contributed by atoms with Gasteiger partial charge in [0, 0.05) is 34.8 Å². The van der Waals surface area contributed by atoms with Gasteiger partial charge >= 0.3 is 12.1 Å². The molecule has 0 aromatic heterocycles. The van der Waals surface area contributed by atoms with Crippen LogP contribution in [0.1, 0.15) is 75.3 Å². The summed E-state index contributed by atoms with van der Waals surface area (Å²) in [6.45, 7) is 2.25. The topological polar surface area (TPSA) is 69.6 Å². The Morgan fingerprint density at radius 1 is 1.11 bits per heavy atom. The molecule has 36 heavy (non-hydrogen) atoms. The van der Waals surface area contributed by atoms with Crippen LogP contribution in [0, 0.1) is 23.2 Å². The maximum Gasteiger partial charge on any atom is 0.453 e. The van der Waals surface area contributed by atoms with E-state index >= 15 is 0 Å². The van der Waals surface area contributed by atoms with E-state index in [-0.39, 0.29) is 34.6 Å². The zero-order valence-electron chi connectivity index (χ0n) is 20.5. The Kier molecular flexibility index (Phi) is 8.08. The molecule has 0 spiro atoms. The Morgan fingerprint density at radius 3 is 2.53 bits per heavy atom. The summed E-state index contributed by atoms with van der Waals surface area (Å²) in [4.78, 5) is 0. The van der Waals surface area contributed by atoms with Gasteiger partial charge in [0.1, 0.15) is 5.75 Å². The number of hydrogen-bond donors (Lipinski definition) is 3. The van der Waals surface area contributed by atoms with E-state index in [4.69, 9.17) is 0 Å². The Labute approximate surface area is 211 Å². The molecular weight excluding hydrogens is 501 g/mol. The average Bonchev–Trinajstić information content (AvgIpc) is 3.14. The van der Waals surface area contributed by atoms with E-state index in [0.717, 1.165) is 44.1 Å². The first-order chi connectivity index (χ1) is 16.9. The van der Waals surface area contributed by atoms with Crippen LogP contribution in [-0.4, -0.2) is 44.2 Å². The molecule has 7 atom stereocenters. The van der Waals surface area contributed by atoms with Gasteiger partial charge in [0.15, 0.2) is 0 Å². The quantitative estimate of drug-likeness (QED) is 0.254. The van der Waals surface area contributed by atoms with Gasteiger partial charge in [0.2, 0.25) is 0 Å². The van der Waals surface area contributed by atoms with Crippen molar-refractivity contribution in [3.05, 3.63) is 29.3 Å². The summed E-state index contributed by atoms with van der Waals surface area (Å²) >= 11 is 0. The van der Waals surface area contributed by atoms with Crippen LogP contribution in [-0.2, 0) is 17.2 Å². The highest BCUT2D eigenvalue weighted by Crippen LogP contribution is 2.62. The summed E-state index contributed by atoms with van der Waals surface area (Å²) in [5.74, 6) is -2.95. The monoisotopic (exact) mass is 537 g/mol. The minimum atomic E-state index is -5.57. The number of aromatic hydroxyl groups is 1. The van der Waals surface area contributed by atoms with Gasteiger partial charge in [-0.3, -0.25) is 4.21 Å². The second kappa shape index (κ2) is 10.5. The fourth-order valence-electron chi connectivity index (χ4n) is 7.48. The van der Waals surface area contributed by atoms with Gasteiger partial charge < -0.3 is 10.3 Å². The van der Waals surface area contributed by atoms with Crippen molar-refractivity contribution in [3.63, 3.8) is 0 Å². The third-order valence-corrected chi connectivity index (χ3v) is 10.8. The number of halogens is 5. The fourth-order valence-corrected chi connectivity index (χ4v) is 8.64. The number of hydrogen-bond acceptors (Lipinski definition) is 4. The van der Waals surface area contributed by atoms with Crippen molar-refractivity contribution in [1.29, 1.82) is 0 Å². The number of phenols is 1. The number of benzene rings is 1. The van der Waals surface area contributed by atoms with Crippen LogP contribution in [0.25, 0.3) is 0 Å². The number of phenolic OH excluding ortho intramolecular Hbond substituents is 1. The normalized spacial score (nSPS) is 33.0. The van der Waals surface area contributed by atoms with E-state index in [1.54, 1.807) is 6.07 Å². The van der Waals surface area contributed by atoms with E-state index in [1.165, 1.54) is 5.56 Å². The van der Waals surface area contributed by atoms with Gasteiger partial charge in [-0.1, -0.05) is 13.0 Å². The molecule has 0 aliphatic heterocycles. The highest BCUT2D eigenvalue weighted by molar-refractivity contribution is 7.84. The maximum absolute atomic E-state index is 13.1. The minimum absolute atomic E-state index is 0.0187. The fraction of sp³-hybridized carbons (Fsp3) is 0.769. The summed E-state index contributed by atoms with van der Waals surface area (Å²) in [5, 5.41) is 19.8. The van der Waals surface area contributed by atoms with Crippen LogP contribution in [0.4, 0.5) is 22.0 Å². The molecule has 1 aromatic carbocycles. The summed E-state index contributed by atoms with van der Waals surface area (Å²) in [6.07, 6.45) is -1.26. The number of hydroxylamine groups is 1. The van der Waals surface area contributed by atoms with Crippen molar-refractivity contribution in [2.24, 2.45) is 23.2 Å². The molecule has 0 bridgehead atoms. The van der Waals surface area contributed by atoms with Crippen LogP contribution < -0.4 is 5.48 Å². The van der Waals surface area contributed by atoms with E-state index in [2.05, 4.69) is 12.4 Å². The number of fused-ring (bicyclic) bond motifs is 5. The minimum Gasteiger partial charge on any atom is -0.508 e. The van der Waals surface area contributed by atoms with Gasteiger partial charge in [-0.2, -0.15) is 22.0 Å². The SMILES string of the molecule is C[C@]12CC[C@@H]3c4ccc(O)cc4C[C@@H](CCCS(=O)CCCC(F)(F)C(F)(F)F)[C@H]3[C@@H]1CCC2NO. The van der Waals surface area contributed by atoms with E-state index in [0.29, 0.717) is 24.2 Å². The zero-order chi connectivity index (χ0) is 26.3. The molecular formula is C26H36F5NO3S. The first-order valence-corrected chi connectivity index (χ1v) is 14.4. The third kappa shape index (κ3) is 5.32. The predicted molar refractivity (Wildman–Crippen MR) is 128 cm³/mol. The number of nitrogens with one attached hydrogen (secondary N) is 1.